The minimum atomic E-state index is 0.169. The van der Waals surface area contributed by atoms with Gasteiger partial charge >= 0.3 is 0 Å². The molecule has 0 bridgehead atoms. The van der Waals surface area contributed by atoms with E-state index in [1.54, 1.807) is 7.11 Å². The first-order valence-electron chi connectivity index (χ1n) is 7.14. The number of nitrogens with two attached hydrogens (primary N) is 1. The number of anilines is 1. The predicted molar refractivity (Wildman–Crippen MR) is 90.8 cm³/mol. The third-order valence-electron chi connectivity index (χ3n) is 3.62. The Kier molecular flexibility index (Phi) is 3.94. The van der Waals surface area contributed by atoms with Crippen molar-refractivity contribution in [1.82, 2.24) is 4.98 Å². The Hall–Kier alpha value is -3.32. The van der Waals surface area contributed by atoms with Gasteiger partial charge in [0.25, 0.3) is 0 Å². The van der Waals surface area contributed by atoms with Gasteiger partial charge in [0, 0.05) is 5.56 Å². The van der Waals surface area contributed by atoms with Crippen molar-refractivity contribution in [2.24, 2.45) is 0 Å². The van der Waals surface area contributed by atoms with Crippen LogP contribution in [0.3, 0.4) is 0 Å². The molecule has 0 amide bonds. The van der Waals surface area contributed by atoms with Crippen LogP contribution in [0.4, 0.5) is 5.82 Å². The Morgan fingerprint density at radius 1 is 0.913 bits per heavy atom. The van der Waals surface area contributed by atoms with E-state index in [0.29, 0.717) is 11.4 Å². The van der Waals surface area contributed by atoms with E-state index in [2.05, 4.69) is 11.1 Å². The minimum Gasteiger partial charge on any atom is -0.480 e. The zero-order chi connectivity index (χ0) is 16.2. The summed E-state index contributed by atoms with van der Waals surface area (Å²) in [6.07, 6.45) is 0. The van der Waals surface area contributed by atoms with Crippen LogP contribution >= 0.6 is 0 Å². The Labute approximate surface area is 134 Å². The molecule has 0 unspecified atom stereocenters. The van der Waals surface area contributed by atoms with E-state index in [0.717, 1.165) is 22.3 Å². The van der Waals surface area contributed by atoms with Crippen molar-refractivity contribution in [3.05, 3.63) is 66.2 Å². The molecule has 2 N–H and O–H groups in total. The highest BCUT2D eigenvalue weighted by atomic mass is 16.5. The number of nitrogen functional groups attached to an aromatic ring is 1. The molecule has 0 aliphatic rings. The molecule has 2 aromatic carbocycles. The van der Waals surface area contributed by atoms with Crippen LogP contribution in [0.2, 0.25) is 0 Å². The molecule has 0 aliphatic carbocycles. The normalized spacial score (nSPS) is 10.1. The molecular formula is C19H15N3O. The van der Waals surface area contributed by atoms with E-state index in [4.69, 9.17) is 10.5 Å². The minimum absolute atomic E-state index is 0.169. The van der Waals surface area contributed by atoms with Gasteiger partial charge in [-0.25, -0.2) is 0 Å². The summed E-state index contributed by atoms with van der Waals surface area (Å²) >= 11 is 0. The van der Waals surface area contributed by atoms with Crippen LogP contribution in [-0.2, 0) is 0 Å². The van der Waals surface area contributed by atoms with Gasteiger partial charge < -0.3 is 10.5 Å². The van der Waals surface area contributed by atoms with Gasteiger partial charge in [-0.15, -0.1) is 0 Å². The largest absolute Gasteiger partial charge is 0.480 e. The highest BCUT2D eigenvalue weighted by molar-refractivity contribution is 5.92. The number of pyridine rings is 1. The van der Waals surface area contributed by atoms with Crippen LogP contribution in [0.1, 0.15) is 5.56 Å². The standard InChI is InChI=1S/C19H15N3O/c1-23-19-17(14-10-6-3-7-11-14)16(13-8-4-2-5-9-13)15(12-20)18(21)22-19/h2-11H,1H3,(H2,21,22). The van der Waals surface area contributed by atoms with Crippen LogP contribution < -0.4 is 10.5 Å². The van der Waals surface area contributed by atoms with Gasteiger partial charge in [-0.05, 0) is 11.1 Å². The molecule has 3 rings (SSSR count). The zero-order valence-electron chi connectivity index (χ0n) is 12.7. The molecule has 0 fully saturated rings. The molecule has 0 atom stereocenters. The Morgan fingerprint density at radius 3 is 1.91 bits per heavy atom. The number of hydrogen-bond donors (Lipinski definition) is 1. The number of hydrogen-bond acceptors (Lipinski definition) is 4. The van der Waals surface area contributed by atoms with Crippen LogP contribution in [0.15, 0.2) is 60.7 Å². The fourth-order valence-electron chi connectivity index (χ4n) is 2.61. The molecule has 4 heteroatoms. The Balaban J connectivity index is 2.44. The summed E-state index contributed by atoms with van der Waals surface area (Å²) in [5, 5.41) is 9.58. The lowest BCUT2D eigenvalue weighted by atomic mass is 9.92. The quantitative estimate of drug-likeness (QED) is 0.797. The number of nitriles is 1. The molecular weight excluding hydrogens is 286 g/mol. The third kappa shape index (κ3) is 2.60. The van der Waals surface area contributed by atoms with Crippen LogP contribution in [-0.4, -0.2) is 12.1 Å². The van der Waals surface area contributed by atoms with Crippen LogP contribution in [0, 0.1) is 11.3 Å². The van der Waals surface area contributed by atoms with Gasteiger partial charge in [0.05, 0.1) is 12.7 Å². The highest BCUT2D eigenvalue weighted by Crippen LogP contribution is 2.41. The number of ether oxygens (including phenoxy) is 1. The monoisotopic (exact) mass is 301 g/mol. The van der Waals surface area contributed by atoms with Gasteiger partial charge in [-0.3, -0.25) is 0 Å². The van der Waals surface area contributed by atoms with Crippen molar-refractivity contribution in [1.29, 1.82) is 5.26 Å². The molecule has 0 radical (unpaired) electrons. The first kappa shape index (κ1) is 14.6. The van der Waals surface area contributed by atoms with Crippen molar-refractivity contribution >= 4 is 5.82 Å². The molecule has 0 spiro atoms. The highest BCUT2D eigenvalue weighted by Gasteiger charge is 2.21. The Morgan fingerprint density at radius 2 is 1.43 bits per heavy atom. The predicted octanol–water partition coefficient (Wildman–Crippen LogP) is 3.88. The lowest BCUT2D eigenvalue weighted by Gasteiger charge is -2.16. The lowest BCUT2D eigenvalue weighted by molar-refractivity contribution is 0.400. The van der Waals surface area contributed by atoms with E-state index in [1.165, 1.54) is 0 Å². The molecule has 0 aliphatic heterocycles. The van der Waals surface area contributed by atoms with Gasteiger partial charge in [0.2, 0.25) is 5.88 Å². The van der Waals surface area contributed by atoms with Gasteiger partial charge in [0.15, 0.2) is 0 Å². The summed E-state index contributed by atoms with van der Waals surface area (Å²) < 4.78 is 5.44. The topological polar surface area (TPSA) is 71.9 Å². The van der Waals surface area contributed by atoms with E-state index < -0.39 is 0 Å². The number of aromatic nitrogens is 1. The maximum Gasteiger partial charge on any atom is 0.223 e. The molecule has 1 heterocycles. The summed E-state index contributed by atoms with van der Waals surface area (Å²) in [6.45, 7) is 0. The molecule has 0 saturated heterocycles. The van der Waals surface area contributed by atoms with Gasteiger partial charge in [0.1, 0.15) is 17.5 Å². The lowest BCUT2D eigenvalue weighted by Crippen LogP contribution is -2.03. The fourth-order valence-corrected chi connectivity index (χ4v) is 2.61. The van der Waals surface area contributed by atoms with Crippen molar-refractivity contribution in [2.45, 2.75) is 0 Å². The van der Waals surface area contributed by atoms with Crippen LogP contribution in [0.5, 0.6) is 5.88 Å². The average Bonchev–Trinajstić information content (AvgIpc) is 2.62. The SMILES string of the molecule is COc1nc(N)c(C#N)c(-c2ccccc2)c1-c1ccccc1. The average molecular weight is 301 g/mol. The summed E-state index contributed by atoms with van der Waals surface area (Å²) in [5.41, 5.74) is 9.67. The number of benzene rings is 2. The van der Waals surface area contributed by atoms with Crippen molar-refractivity contribution in [2.75, 3.05) is 12.8 Å². The van der Waals surface area contributed by atoms with Crippen LogP contribution in [0.25, 0.3) is 22.3 Å². The summed E-state index contributed by atoms with van der Waals surface area (Å²) in [4.78, 5) is 4.26. The van der Waals surface area contributed by atoms with Gasteiger partial charge in [-0.2, -0.15) is 10.2 Å². The second-order valence-corrected chi connectivity index (χ2v) is 4.98. The zero-order valence-corrected chi connectivity index (χ0v) is 12.7. The van der Waals surface area contributed by atoms with E-state index in [-0.39, 0.29) is 5.82 Å². The molecule has 4 nitrogen and oxygen atoms in total. The molecule has 0 saturated carbocycles. The molecule has 112 valence electrons. The first-order chi connectivity index (χ1) is 11.3. The maximum absolute atomic E-state index is 9.58. The van der Waals surface area contributed by atoms with Gasteiger partial charge in [-0.1, -0.05) is 60.7 Å². The van der Waals surface area contributed by atoms with Crippen molar-refractivity contribution < 1.29 is 4.74 Å². The smallest absolute Gasteiger partial charge is 0.223 e. The number of methoxy groups -OCH3 is 1. The second kappa shape index (κ2) is 6.20. The summed E-state index contributed by atoms with van der Waals surface area (Å²) in [5.74, 6) is 0.578. The van der Waals surface area contributed by atoms with E-state index in [9.17, 15) is 5.26 Å². The first-order valence-corrected chi connectivity index (χ1v) is 7.14. The second-order valence-electron chi connectivity index (χ2n) is 4.98. The molecule has 1 aromatic heterocycles. The molecule has 3 aromatic rings. The summed E-state index contributed by atoms with van der Waals surface area (Å²) in [6, 6.07) is 21.6. The van der Waals surface area contributed by atoms with Crippen molar-refractivity contribution in [3.8, 4) is 34.2 Å². The summed E-state index contributed by atoms with van der Waals surface area (Å²) in [7, 11) is 1.55. The maximum atomic E-state index is 9.58. The van der Waals surface area contributed by atoms with Crippen molar-refractivity contribution in [3.63, 3.8) is 0 Å². The number of nitrogens with zero attached hydrogens (tertiary/aromatic N) is 2. The van der Waals surface area contributed by atoms with E-state index >= 15 is 0 Å². The molecule has 23 heavy (non-hydrogen) atoms. The number of rotatable bonds is 3. The Bertz CT molecular complexity index is 869. The third-order valence-corrected chi connectivity index (χ3v) is 3.62. The van der Waals surface area contributed by atoms with E-state index in [1.807, 2.05) is 60.7 Å². The fraction of sp³-hybridized carbons (Fsp3) is 0.0526.